The van der Waals surface area contributed by atoms with E-state index in [2.05, 4.69) is 0 Å². The number of aliphatic hydroxyl groups is 1. The van der Waals surface area contributed by atoms with Crippen LogP contribution in [0.1, 0.15) is 40.5 Å². The van der Waals surface area contributed by atoms with Crippen LogP contribution >= 0.6 is 0 Å². The van der Waals surface area contributed by atoms with Gasteiger partial charge in [0.1, 0.15) is 11.3 Å². The highest BCUT2D eigenvalue weighted by Crippen LogP contribution is 2.25. The van der Waals surface area contributed by atoms with Gasteiger partial charge in [0, 0.05) is 11.8 Å². The summed E-state index contributed by atoms with van der Waals surface area (Å²) in [6.45, 7) is 7.61. The molecule has 0 heterocycles. The van der Waals surface area contributed by atoms with Gasteiger partial charge in [0.15, 0.2) is 11.6 Å². The first-order chi connectivity index (χ1) is 8.88. The van der Waals surface area contributed by atoms with Crippen LogP contribution in [0.25, 0.3) is 0 Å². The SMILES string of the molecule is CCC(C)C(=O)C1=C(O)C=CC(CC=C(C)C)C1=O. The smallest absolute Gasteiger partial charge is 0.177 e. The molecule has 0 saturated heterocycles. The molecule has 19 heavy (non-hydrogen) atoms. The van der Waals surface area contributed by atoms with Crippen LogP contribution in [0, 0.1) is 11.8 Å². The van der Waals surface area contributed by atoms with Crippen LogP contribution in [0.15, 0.2) is 35.1 Å². The van der Waals surface area contributed by atoms with Crippen molar-refractivity contribution in [3.63, 3.8) is 0 Å². The van der Waals surface area contributed by atoms with Gasteiger partial charge in [-0.2, -0.15) is 0 Å². The maximum absolute atomic E-state index is 12.3. The minimum Gasteiger partial charge on any atom is -0.507 e. The fraction of sp³-hybridized carbons (Fsp3) is 0.500. The zero-order valence-electron chi connectivity index (χ0n) is 12.1. The summed E-state index contributed by atoms with van der Waals surface area (Å²) in [4.78, 5) is 24.4. The summed E-state index contributed by atoms with van der Waals surface area (Å²) in [5, 5.41) is 9.79. The lowest BCUT2D eigenvalue weighted by Gasteiger charge is -2.19. The van der Waals surface area contributed by atoms with E-state index < -0.39 is 0 Å². The van der Waals surface area contributed by atoms with Crippen LogP contribution in [0.3, 0.4) is 0 Å². The quantitative estimate of drug-likeness (QED) is 0.609. The largest absolute Gasteiger partial charge is 0.507 e. The number of carbonyl (C=O) groups is 2. The Bertz CT molecular complexity index is 462. The molecule has 0 bridgehead atoms. The summed E-state index contributed by atoms with van der Waals surface area (Å²) in [6, 6.07) is 0. The van der Waals surface area contributed by atoms with Crippen molar-refractivity contribution in [2.24, 2.45) is 11.8 Å². The molecule has 104 valence electrons. The lowest BCUT2D eigenvalue weighted by atomic mass is 9.83. The van der Waals surface area contributed by atoms with Gasteiger partial charge < -0.3 is 5.11 Å². The monoisotopic (exact) mass is 262 g/mol. The van der Waals surface area contributed by atoms with E-state index in [4.69, 9.17) is 0 Å². The van der Waals surface area contributed by atoms with E-state index in [1.807, 2.05) is 26.8 Å². The first-order valence-corrected chi connectivity index (χ1v) is 6.71. The Balaban J connectivity index is 2.98. The molecule has 0 amide bonds. The van der Waals surface area contributed by atoms with Crippen molar-refractivity contribution in [2.45, 2.75) is 40.5 Å². The Morgan fingerprint density at radius 3 is 2.63 bits per heavy atom. The van der Waals surface area contributed by atoms with Gasteiger partial charge in [-0.3, -0.25) is 9.59 Å². The third-order valence-corrected chi connectivity index (χ3v) is 3.41. The standard InChI is InChI=1S/C16H22O3/c1-5-11(4)15(18)14-13(17)9-8-12(16(14)19)7-6-10(2)3/h6,8-9,11-12,17H,5,7H2,1-4H3. The number of ketones is 2. The highest BCUT2D eigenvalue weighted by Gasteiger charge is 2.32. The number of hydrogen-bond acceptors (Lipinski definition) is 3. The average Bonchev–Trinajstić information content (AvgIpc) is 2.36. The lowest BCUT2D eigenvalue weighted by molar-refractivity contribution is -0.125. The van der Waals surface area contributed by atoms with E-state index in [9.17, 15) is 14.7 Å². The fourth-order valence-corrected chi connectivity index (χ4v) is 1.92. The van der Waals surface area contributed by atoms with Crippen LogP contribution in [0.4, 0.5) is 0 Å². The van der Waals surface area contributed by atoms with Crippen LogP contribution in [0.2, 0.25) is 0 Å². The topological polar surface area (TPSA) is 54.4 Å². The summed E-state index contributed by atoms with van der Waals surface area (Å²) in [5.74, 6) is -1.28. The number of hydrogen-bond donors (Lipinski definition) is 1. The van der Waals surface area contributed by atoms with Gasteiger partial charge in [-0.25, -0.2) is 0 Å². The van der Waals surface area contributed by atoms with Gasteiger partial charge in [0.25, 0.3) is 0 Å². The van der Waals surface area contributed by atoms with Crippen LogP contribution < -0.4 is 0 Å². The molecule has 2 unspecified atom stereocenters. The van der Waals surface area contributed by atoms with Crippen molar-refractivity contribution in [1.29, 1.82) is 0 Å². The summed E-state index contributed by atoms with van der Waals surface area (Å²) in [7, 11) is 0. The molecule has 0 aliphatic heterocycles. The predicted octanol–water partition coefficient (Wildman–Crippen LogP) is 3.53. The van der Waals surface area contributed by atoms with E-state index in [1.165, 1.54) is 6.08 Å². The Morgan fingerprint density at radius 2 is 2.11 bits per heavy atom. The lowest BCUT2D eigenvalue weighted by Crippen LogP contribution is -2.27. The fourth-order valence-electron chi connectivity index (χ4n) is 1.92. The van der Waals surface area contributed by atoms with Crippen LogP contribution in [-0.2, 0) is 9.59 Å². The second kappa shape index (κ2) is 6.50. The first kappa shape index (κ1) is 15.4. The predicted molar refractivity (Wildman–Crippen MR) is 75.8 cm³/mol. The molecule has 0 aromatic carbocycles. The number of Topliss-reactive ketones (excluding diaryl/α,β-unsaturated/α-hetero) is 2. The van der Waals surface area contributed by atoms with E-state index in [-0.39, 0.29) is 34.7 Å². The number of aliphatic hydroxyl groups excluding tert-OH is 1. The number of carbonyl (C=O) groups excluding carboxylic acids is 2. The number of allylic oxidation sites excluding steroid dienone is 5. The molecule has 0 spiro atoms. The molecule has 3 nitrogen and oxygen atoms in total. The molecule has 2 atom stereocenters. The first-order valence-electron chi connectivity index (χ1n) is 6.71. The summed E-state index contributed by atoms with van der Waals surface area (Å²) >= 11 is 0. The molecule has 1 aliphatic rings. The molecule has 0 fully saturated rings. The molecule has 0 radical (unpaired) electrons. The second-order valence-corrected chi connectivity index (χ2v) is 5.28. The molecule has 0 aromatic heterocycles. The van der Waals surface area contributed by atoms with Gasteiger partial charge in [-0.15, -0.1) is 0 Å². The zero-order chi connectivity index (χ0) is 14.6. The van der Waals surface area contributed by atoms with Gasteiger partial charge in [0.05, 0.1) is 0 Å². The highest BCUT2D eigenvalue weighted by molar-refractivity contribution is 6.23. The summed E-state index contributed by atoms with van der Waals surface area (Å²) in [5.41, 5.74) is 1.11. The molecule has 3 heteroatoms. The highest BCUT2D eigenvalue weighted by atomic mass is 16.3. The molecular formula is C16H22O3. The van der Waals surface area contributed by atoms with Crippen molar-refractivity contribution in [3.05, 3.63) is 35.1 Å². The van der Waals surface area contributed by atoms with Crippen molar-refractivity contribution in [1.82, 2.24) is 0 Å². The normalized spacial score (nSPS) is 20.4. The van der Waals surface area contributed by atoms with Crippen molar-refractivity contribution in [2.75, 3.05) is 0 Å². The number of rotatable bonds is 5. The molecule has 0 saturated carbocycles. The van der Waals surface area contributed by atoms with Gasteiger partial charge in [0.2, 0.25) is 0 Å². The minimum absolute atomic E-state index is 0.0241. The second-order valence-electron chi connectivity index (χ2n) is 5.28. The summed E-state index contributed by atoms with van der Waals surface area (Å²) < 4.78 is 0. The van der Waals surface area contributed by atoms with Gasteiger partial charge in [-0.1, -0.05) is 31.6 Å². The van der Waals surface area contributed by atoms with Gasteiger partial charge >= 0.3 is 0 Å². The zero-order valence-corrected chi connectivity index (χ0v) is 12.1. The molecular weight excluding hydrogens is 240 g/mol. The van der Waals surface area contributed by atoms with Crippen LogP contribution in [-0.4, -0.2) is 16.7 Å². The van der Waals surface area contributed by atoms with E-state index in [0.717, 1.165) is 5.57 Å². The Kier molecular flexibility index (Phi) is 5.28. The molecule has 1 rings (SSSR count). The maximum atomic E-state index is 12.3. The molecule has 1 aliphatic carbocycles. The minimum atomic E-state index is -0.339. The van der Waals surface area contributed by atoms with Crippen LogP contribution in [0.5, 0.6) is 0 Å². The Morgan fingerprint density at radius 1 is 1.47 bits per heavy atom. The average molecular weight is 262 g/mol. The van der Waals surface area contributed by atoms with Crippen molar-refractivity contribution >= 4 is 11.6 Å². The maximum Gasteiger partial charge on any atom is 0.177 e. The van der Waals surface area contributed by atoms with E-state index in [1.54, 1.807) is 13.0 Å². The van der Waals surface area contributed by atoms with Crippen molar-refractivity contribution < 1.29 is 14.7 Å². The Hall–Kier alpha value is -1.64. The van der Waals surface area contributed by atoms with E-state index in [0.29, 0.717) is 12.8 Å². The van der Waals surface area contributed by atoms with Crippen molar-refractivity contribution in [3.8, 4) is 0 Å². The molecule has 1 N–H and O–H groups in total. The van der Waals surface area contributed by atoms with Gasteiger partial charge in [-0.05, 0) is 32.8 Å². The Labute approximate surface area is 114 Å². The summed E-state index contributed by atoms with van der Waals surface area (Å²) in [6.07, 6.45) is 6.35. The third-order valence-electron chi connectivity index (χ3n) is 3.41. The van der Waals surface area contributed by atoms with E-state index >= 15 is 0 Å². The molecule has 0 aromatic rings. The third kappa shape index (κ3) is 3.66.